The lowest BCUT2D eigenvalue weighted by Crippen LogP contribution is -2.30. The van der Waals surface area contributed by atoms with Crippen LogP contribution in [0.2, 0.25) is 0 Å². The van der Waals surface area contributed by atoms with Gasteiger partial charge < -0.3 is 24.3 Å². The molecule has 162 valence electrons. The minimum Gasteiger partial charge on any atom is -0.493 e. The molecule has 0 saturated carbocycles. The lowest BCUT2D eigenvalue weighted by molar-refractivity contribution is -0.153. The Bertz CT molecular complexity index is 889. The van der Waals surface area contributed by atoms with Crippen LogP contribution in [0.5, 0.6) is 17.2 Å². The van der Waals surface area contributed by atoms with Crippen molar-refractivity contribution in [1.29, 1.82) is 0 Å². The van der Waals surface area contributed by atoms with E-state index in [0.29, 0.717) is 34.9 Å². The van der Waals surface area contributed by atoms with Gasteiger partial charge in [-0.25, -0.2) is 4.39 Å². The van der Waals surface area contributed by atoms with Gasteiger partial charge in [-0.2, -0.15) is 0 Å². The number of hydrogen-bond donors (Lipinski definition) is 1. The smallest absolute Gasteiger partial charge is 0.306 e. The standard InChI is InChI=1S/C22H26FNO6/c1-13-6-8-16(12-17(13)23)24-22(26)14(2)30-20(25)9-7-15-10-18(27-3)21(29-5)19(11-15)28-4/h6,8,10-12,14H,7,9H2,1-5H3,(H,24,26). The number of ether oxygens (including phenoxy) is 4. The van der Waals surface area contributed by atoms with Gasteiger partial charge in [-0.15, -0.1) is 0 Å². The van der Waals surface area contributed by atoms with E-state index in [1.807, 2.05) is 0 Å². The molecule has 2 aromatic rings. The Labute approximate surface area is 175 Å². The molecule has 1 atom stereocenters. The van der Waals surface area contributed by atoms with E-state index in [1.165, 1.54) is 34.3 Å². The lowest BCUT2D eigenvalue weighted by atomic mass is 10.1. The van der Waals surface area contributed by atoms with Gasteiger partial charge in [0.05, 0.1) is 21.3 Å². The minimum absolute atomic E-state index is 0.0510. The molecule has 0 fully saturated rings. The number of anilines is 1. The molecule has 0 aromatic heterocycles. The highest BCUT2D eigenvalue weighted by molar-refractivity contribution is 5.95. The average Bonchev–Trinajstić information content (AvgIpc) is 2.73. The maximum atomic E-state index is 13.6. The van der Waals surface area contributed by atoms with Crippen LogP contribution in [-0.2, 0) is 20.7 Å². The second-order valence-electron chi connectivity index (χ2n) is 6.62. The predicted octanol–water partition coefficient (Wildman–Crippen LogP) is 3.66. The molecule has 1 amide bonds. The van der Waals surface area contributed by atoms with Gasteiger partial charge in [0.15, 0.2) is 17.6 Å². The van der Waals surface area contributed by atoms with E-state index in [0.717, 1.165) is 5.56 Å². The Hall–Kier alpha value is -3.29. The van der Waals surface area contributed by atoms with Crippen molar-refractivity contribution in [3.8, 4) is 17.2 Å². The topological polar surface area (TPSA) is 83.1 Å². The summed E-state index contributed by atoms with van der Waals surface area (Å²) >= 11 is 0. The summed E-state index contributed by atoms with van der Waals surface area (Å²) in [6.07, 6.45) is -0.621. The fourth-order valence-corrected chi connectivity index (χ4v) is 2.75. The second-order valence-corrected chi connectivity index (χ2v) is 6.62. The number of carbonyl (C=O) groups excluding carboxylic acids is 2. The molecule has 2 rings (SSSR count). The van der Waals surface area contributed by atoms with Crippen LogP contribution in [0.4, 0.5) is 10.1 Å². The zero-order valence-electron chi connectivity index (χ0n) is 17.7. The summed E-state index contributed by atoms with van der Waals surface area (Å²) in [5, 5.41) is 2.53. The molecule has 1 unspecified atom stereocenters. The van der Waals surface area contributed by atoms with E-state index in [9.17, 15) is 14.0 Å². The van der Waals surface area contributed by atoms with Gasteiger partial charge in [-0.1, -0.05) is 6.07 Å². The molecule has 2 aromatic carbocycles. The first-order valence-electron chi connectivity index (χ1n) is 9.34. The monoisotopic (exact) mass is 419 g/mol. The maximum absolute atomic E-state index is 13.6. The zero-order valence-corrected chi connectivity index (χ0v) is 17.7. The highest BCUT2D eigenvalue weighted by atomic mass is 19.1. The van der Waals surface area contributed by atoms with Crippen LogP contribution in [0.1, 0.15) is 24.5 Å². The Morgan fingerprint density at radius 2 is 1.67 bits per heavy atom. The van der Waals surface area contributed by atoms with Gasteiger partial charge in [-0.3, -0.25) is 9.59 Å². The average molecular weight is 419 g/mol. The van der Waals surface area contributed by atoms with Crippen LogP contribution >= 0.6 is 0 Å². The molecule has 0 aliphatic heterocycles. The lowest BCUT2D eigenvalue weighted by Gasteiger charge is -2.15. The van der Waals surface area contributed by atoms with Gasteiger partial charge in [-0.05, 0) is 55.7 Å². The van der Waals surface area contributed by atoms with Gasteiger partial charge >= 0.3 is 5.97 Å². The molecule has 0 saturated heterocycles. The summed E-state index contributed by atoms with van der Waals surface area (Å²) < 4.78 is 34.6. The number of nitrogens with one attached hydrogen (secondary N) is 1. The van der Waals surface area contributed by atoms with E-state index in [4.69, 9.17) is 18.9 Å². The molecular weight excluding hydrogens is 393 g/mol. The highest BCUT2D eigenvalue weighted by Crippen LogP contribution is 2.38. The molecule has 7 nitrogen and oxygen atoms in total. The van der Waals surface area contributed by atoms with Crippen LogP contribution in [0.25, 0.3) is 0 Å². The van der Waals surface area contributed by atoms with E-state index in [2.05, 4.69) is 5.32 Å². The van der Waals surface area contributed by atoms with E-state index in [1.54, 1.807) is 31.2 Å². The number of benzene rings is 2. The molecule has 1 N–H and O–H groups in total. The normalized spacial score (nSPS) is 11.4. The summed E-state index contributed by atoms with van der Waals surface area (Å²) in [7, 11) is 4.53. The number of carbonyl (C=O) groups is 2. The molecule has 8 heteroatoms. The van der Waals surface area contributed by atoms with Crippen molar-refractivity contribution >= 4 is 17.6 Å². The largest absolute Gasteiger partial charge is 0.493 e. The summed E-state index contributed by atoms with van der Waals surface area (Å²) in [5.74, 6) is -0.0792. The van der Waals surface area contributed by atoms with Gasteiger partial charge in [0.2, 0.25) is 5.75 Å². The van der Waals surface area contributed by atoms with Gasteiger partial charge in [0.1, 0.15) is 5.82 Å². The number of rotatable bonds is 9. The Balaban J connectivity index is 1.93. The van der Waals surface area contributed by atoms with Gasteiger partial charge in [0, 0.05) is 12.1 Å². The minimum atomic E-state index is -1.03. The summed E-state index contributed by atoms with van der Waals surface area (Å²) in [6.45, 7) is 3.08. The molecule has 0 spiro atoms. The van der Waals surface area contributed by atoms with Crippen molar-refractivity contribution in [1.82, 2.24) is 0 Å². The van der Waals surface area contributed by atoms with Crippen molar-refractivity contribution in [3.05, 3.63) is 47.3 Å². The quantitative estimate of drug-likeness (QED) is 0.625. The predicted molar refractivity (Wildman–Crippen MR) is 110 cm³/mol. The number of esters is 1. The molecular formula is C22H26FNO6. The molecule has 0 bridgehead atoms. The van der Waals surface area contributed by atoms with Crippen LogP contribution in [0, 0.1) is 12.7 Å². The fraction of sp³-hybridized carbons (Fsp3) is 0.364. The Morgan fingerprint density at radius 3 is 2.20 bits per heavy atom. The molecule has 30 heavy (non-hydrogen) atoms. The highest BCUT2D eigenvalue weighted by Gasteiger charge is 2.19. The van der Waals surface area contributed by atoms with Crippen molar-refractivity contribution in [2.45, 2.75) is 32.8 Å². The van der Waals surface area contributed by atoms with E-state index < -0.39 is 23.8 Å². The zero-order chi connectivity index (χ0) is 22.3. The van der Waals surface area contributed by atoms with Crippen molar-refractivity contribution < 1.29 is 32.9 Å². The third-order valence-electron chi connectivity index (χ3n) is 4.46. The van der Waals surface area contributed by atoms with Crippen molar-refractivity contribution in [3.63, 3.8) is 0 Å². The van der Waals surface area contributed by atoms with Crippen LogP contribution in [0.15, 0.2) is 30.3 Å². The third kappa shape index (κ3) is 5.85. The maximum Gasteiger partial charge on any atom is 0.306 e. The van der Waals surface area contributed by atoms with Crippen LogP contribution < -0.4 is 19.5 Å². The Morgan fingerprint density at radius 1 is 1.03 bits per heavy atom. The Kier molecular flexibility index (Phi) is 8.03. The van der Waals surface area contributed by atoms with E-state index >= 15 is 0 Å². The summed E-state index contributed by atoms with van der Waals surface area (Å²) in [4.78, 5) is 24.4. The van der Waals surface area contributed by atoms with Gasteiger partial charge in [0.25, 0.3) is 5.91 Å². The SMILES string of the molecule is COc1cc(CCC(=O)OC(C)C(=O)Nc2ccc(C)c(F)c2)cc(OC)c1OC. The molecule has 0 radical (unpaired) electrons. The molecule has 0 aliphatic rings. The number of methoxy groups -OCH3 is 3. The van der Waals surface area contributed by atoms with Crippen molar-refractivity contribution in [2.75, 3.05) is 26.6 Å². The fourth-order valence-electron chi connectivity index (χ4n) is 2.75. The van der Waals surface area contributed by atoms with E-state index in [-0.39, 0.29) is 6.42 Å². The first-order chi connectivity index (χ1) is 14.3. The summed E-state index contributed by atoms with van der Waals surface area (Å²) in [6, 6.07) is 7.84. The third-order valence-corrected chi connectivity index (χ3v) is 4.46. The number of hydrogen-bond acceptors (Lipinski definition) is 6. The van der Waals surface area contributed by atoms with Crippen molar-refractivity contribution in [2.24, 2.45) is 0 Å². The van der Waals surface area contributed by atoms with Crippen LogP contribution in [0.3, 0.4) is 0 Å². The second kappa shape index (κ2) is 10.5. The number of halogens is 1. The number of amides is 1. The molecule has 0 heterocycles. The number of aryl methyl sites for hydroxylation is 2. The summed E-state index contributed by atoms with van der Waals surface area (Å²) in [5.41, 5.74) is 1.55. The first kappa shape index (κ1) is 23.0. The van der Waals surface area contributed by atoms with Crippen LogP contribution in [-0.4, -0.2) is 39.3 Å². The first-order valence-corrected chi connectivity index (χ1v) is 9.34. The molecule has 0 aliphatic carbocycles.